The highest BCUT2D eigenvalue weighted by Gasteiger charge is 2.55. The van der Waals surface area contributed by atoms with Crippen molar-refractivity contribution >= 4 is 36.2 Å². The summed E-state index contributed by atoms with van der Waals surface area (Å²) < 4.78 is 0. The maximum atomic E-state index is 13.7. The number of hydrogen-bond donors (Lipinski definition) is 5. The van der Waals surface area contributed by atoms with E-state index in [1.807, 2.05) is 39.0 Å². The van der Waals surface area contributed by atoms with Crippen LogP contribution in [0, 0.1) is 23.7 Å². The van der Waals surface area contributed by atoms with Crippen molar-refractivity contribution in [2.75, 3.05) is 11.5 Å². The highest BCUT2D eigenvalue weighted by molar-refractivity contribution is 6.58. The number of allylic oxidation sites excluding steroid dienone is 2. The fourth-order valence-corrected chi connectivity index (χ4v) is 5.99. The van der Waals surface area contributed by atoms with Gasteiger partial charge in [-0.25, -0.2) is 0 Å². The Labute approximate surface area is 229 Å². The molecule has 206 valence electrons. The van der Waals surface area contributed by atoms with E-state index in [0.717, 1.165) is 16.0 Å². The van der Waals surface area contributed by atoms with Crippen LogP contribution in [0.5, 0.6) is 5.75 Å². The minimum atomic E-state index is -1.75. The predicted octanol–water partition coefficient (Wildman–Crippen LogP) is 2.39. The number of para-hydroxylation sites is 1. The molecule has 0 saturated carbocycles. The van der Waals surface area contributed by atoms with Gasteiger partial charge in [0.25, 0.3) is 0 Å². The van der Waals surface area contributed by atoms with Gasteiger partial charge in [-0.05, 0) is 61.3 Å². The molecule has 0 bridgehead atoms. The van der Waals surface area contributed by atoms with Crippen LogP contribution in [0.4, 0.5) is 5.69 Å². The molecule has 39 heavy (non-hydrogen) atoms. The lowest BCUT2D eigenvalue weighted by Gasteiger charge is -2.38. The number of phenols is 1. The van der Waals surface area contributed by atoms with Crippen LogP contribution in [0.1, 0.15) is 45.6 Å². The summed E-state index contributed by atoms with van der Waals surface area (Å²) in [6.07, 6.45) is 2.15. The summed E-state index contributed by atoms with van der Waals surface area (Å²) in [4.78, 5) is 28.3. The second-order valence-corrected chi connectivity index (χ2v) is 10.8. The number of phenolic OH excluding ortho intramolecular Hbond substituents is 1. The summed E-state index contributed by atoms with van der Waals surface area (Å²) >= 11 is 0. The smallest absolute Gasteiger partial charge is 0.488 e. The average Bonchev–Trinajstić information content (AvgIpc) is 3.16. The predicted molar refractivity (Wildman–Crippen MR) is 150 cm³/mol. The van der Waals surface area contributed by atoms with Gasteiger partial charge >= 0.3 is 7.12 Å². The van der Waals surface area contributed by atoms with Crippen LogP contribution in [0.2, 0.25) is 0 Å². The zero-order valence-electron chi connectivity index (χ0n) is 22.5. The number of carbonyl (C=O) groups excluding carboxylic acids is 2. The summed E-state index contributed by atoms with van der Waals surface area (Å²) in [5, 5.41) is 51.1. The quantitative estimate of drug-likeness (QED) is 0.190. The Morgan fingerprint density at radius 1 is 1.10 bits per heavy atom. The number of amides is 2. The van der Waals surface area contributed by atoms with Gasteiger partial charge in [-0.15, -0.1) is 0 Å². The molecule has 4 atom stereocenters. The second kappa shape index (κ2) is 11.9. The summed E-state index contributed by atoms with van der Waals surface area (Å²) in [5.41, 5.74) is 3.57. The van der Waals surface area contributed by atoms with E-state index >= 15 is 0 Å². The molecule has 2 aromatic carbocycles. The molecule has 2 aromatic rings. The van der Waals surface area contributed by atoms with Gasteiger partial charge in [0.15, 0.2) is 0 Å². The van der Waals surface area contributed by atoms with E-state index in [1.165, 1.54) is 12.1 Å². The molecular formula is C30H36BNO7. The van der Waals surface area contributed by atoms with Crippen molar-refractivity contribution in [1.82, 2.24) is 0 Å². The van der Waals surface area contributed by atoms with E-state index in [2.05, 4.69) is 0 Å². The molecule has 1 aliphatic carbocycles. The van der Waals surface area contributed by atoms with E-state index in [-0.39, 0.29) is 28.7 Å². The van der Waals surface area contributed by atoms with Crippen molar-refractivity contribution in [2.24, 2.45) is 23.7 Å². The summed E-state index contributed by atoms with van der Waals surface area (Å²) in [6, 6.07) is 13.0. The molecule has 1 fully saturated rings. The maximum Gasteiger partial charge on any atom is 0.488 e. The Morgan fingerprint density at radius 3 is 2.46 bits per heavy atom. The molecule has 0 spiro atoms. The monoisotopic (exact) mass is 533 g/mol. The third-order valence-corrected chi connectivity index (χ3v) is 7.95. The van der Waals surface area contributed by atoms with E-state index in [4.69, 9.17) is 0 Å². The van der Waals surface area contributed by atoms with Crippen LogP contribution in [0.15, 0.2) is 65.3 Å². The van der Waals surface area contributed by atoms with Gasteiger partial charge in [0.05, 0.1) is 30.2 Å². The van der Waals surface area contributed by atoms with E-state index in [0.29, 0.717) is 30.4 Å². The van der Waals surface area contributed by atoms with E-state index in [9.17, 15) is 35.0 Å². The van der Waals surface area contributed by atoms with Crippen molar-refractivity contribution in [1.29, 1.82) is 0 Å². The van der Waals surface area contributed by atoms with Gasteiger partial charge in [0.1, 0.15) is 5.75 Å². The molecule has 2 amide bonds. The number of hydrogen-bond acceptors (Lipinski definition) is 7. The van der Waals surface area contributed by atoms with Crippen LogP contribution in [-0.2, 0) is 9.59 Å². The number of aliphatic hydroxyl groups is 2. The summed E-state index contributed by atoms with van der Waals surface area (Å²) in [7, 11) is -1.75. The molecule has 2 aliphatic rings. The van der Waals surface area contributed by atoms with Crippen molar-refractivity contribution in [3.05, 3.63) is 70.8 Å². The van der Waals surface area contributed by atoms with E-state index in [1.54, 1.807) is 24.3 Å². The number of aromatic hydroxyl groups is 1. The Kier molecular flexibility index (Phi) is 8.76. The molecule has 0 aromatic heterocycles. The number of imide groups is 1. The number of anilines is 1. The Balaban J connectivity index is 1.62. The molecule has 9 heteroatoms. The molecule has 1 saturated heterocycles. The largest absolute Gasteiger partial charge is 0.507 e. The Bertz CT molecular complexity index is 1300. The van der Waals surface area contributed by atoms with Crippen LogP contribution in [0.25, 0.3) is 6.08 Å². The number of rotatable bonds is 9. The maximum absolute atomic E-state index is 13.7. The Morgan fingerprint density at radius 2 is 1.82 bits per heavy atom. The molecular weight excluding hydrogens is 497 g/mol. The number of aliphatic hydroxyl groups excluding tert-OH is 2. The van der Waals surface area contributed by atoms with Crippen molar-refractivity contribution < 1.29 is 35.0 Å². The first-order valence-corrected chi connectivity index (χ1v) is 13.4. The molecule has 0 unspecified atom stereocenters. The first-order valence-electron chi connectivity index (χ1n) is 13.4. The fraction of sp³-hybridized carbons (Fsp3) is 0.400. The normalized spacial score (nSPS) is 22.5. The number of carbonyl (C=O) groups is 2. The summed E-state index contributed by atoms with van der Waals surface area (Å²) in [5.74, 6) is -2.89. The third-order valence-electron chi connectivity index (χ3n) is 7.95. The highest BCUT2D eigenvalue weighted by Crippen LogP contribution is 2.48. The Hall–Kier alpha value is -3.24. The van der Waals surface area contributed by atoms with Gasteiger partial charge in [-0.2, -0.15) is 0 Å². The fourth-order valence-electron chi connectivity index (χ4n) is 5.99. The van der Waals surface area contributed by atoms with Gasteiger partial charge < -0.3 is 25.4 Å². The SMILES string of the molecule is C/C(=C\c1ccccc1O)CC[C@@H](O)C1=C(C(C)C)C[C@H]2C(=O)N(c3cccc(B(O)O)c3)C(=O)[C@H]2[C@H]1CO. The highest BCUT2D eigenvalue weighted by atomic mass is 16.4. The molecule has 1 aliphatic heterocycles. The lowest BCUT2D eigenvalue weighted by atomic mass is 9.66. The summed E-state index contributed by atoms with van der Waals surface area (Å²) in [6.45, 7) is 5.49. The number of fused-ring (bicyclic) bond motifs is 1. The van der Waals surface area contributed by atoms with Crippen LogP contribution < -0.4 is 10.4 Å². The van der Waals surface area contributed by atoms with Gasteiger partial charge in [-0.1, -0.05) is 61.4 Å². The van der Waals surface area contributed by atoms with Crippen LogP contribution in [-0.4, -0.2) is 57.0 Å². The molecule has 8 nitrogen and oxygen atoms in total. The number of nitrogens with zero attached hydrogens (tertiary/aromatic N) is 1. The van der Waals surface area contributed by atoms with Crippen LogP contribution >= 0.6 is 0 Å². The van der Waals surface area contributed by atoms with Crippen molar-refractivity contribution in [3.63, 3.8) is 0 Å². The average molecular weight is 533 g/mol. The first kappa shape index (κ1) is 28.8. The minimum absolute atomic E-state index is 0.00706. The lowest BCUT2D eigenvalue weighted by molar-refractivity contribution is -0.123. The third kappa shape index (κ3) is 5.72. The van der Waals surface area contributed by atoms with E-state index < -0.39 is 43.5 Å². The molecule has 1 heterocycles. The van der Waals surface area contributed by atoms with Gasteiger partial charge in [0.2, 0.25) is 11.8 Å². The lowest BCUT2D eigenvalue weighted by Crippen LogP contribution is -2.40. The number of benzene rings is 2. The standard InChI is InChI=1S/C30H36BNO7/c1-17(2)22-15-23-28(30(37)32(29(23)36)21-9-6-8-20(14-21)31(38)39)24(16-33)27(22)26(35)12-11-18(3)13-19-7-4-5-10-25(19)34/h4-10,13-14,17,23-24,26,28,33-35,38-39H,11-12,15-16H2,1-3H3/b18-13+/t23-,24+,26-,28-/m1/s1. The second-order valence-electron chi connectivity index (χ2n) is 10.8. The molecule has 5 N–H and O–H groups in total. The molecule has 0 radical (unpaired) electrons. The molecule has 4 rings (SSSR count). The van der Waals surface area contributed by atoms with Crippen molar-refractivity contribution in [3.8, 4) is 5.75 Å². The van der Waals surface area contributed by atoms with Gasteiger partial charge in [-0.3, -0.25) is 14.5 Å². The zero-order chi connectivity index (χ0) is 28.4. The van der Waals surface area contributed by atoms with Crippen molar-refractivity contribution in [2.45, 2.75) is 46.1 Å². The first-order chi connectivity index (χ1) is 18.5. The topological polar surface area (TPSA) is 139 Å². The zero-order valence-corrected chi connectivity index (χ0v) is 22.5. The minimum Gasteiger partial charge on any atom is -0.507 e. The van der Waals surface area contributed by atoms with Crippen LogP contribution in [0.3, 0.4) is 0 Å². The van der Waals surface area contributed by atoms with Gasteiger partial charge in [0, 0.05) is 11.5 Å².